The van der Waals surface area contributed by atoms with Crippen molar-refractivity contribution >= 4 is 40.0 Å². The first kappa shape index (κ1) is 22.9. The molecular formula is C14H31IN4O3S. The maximum Gasteiger partial charge on any atom is 0.209 e. The van der Waals surface area contributed by atoms with Crippen molar-refractivity contribution in [1.29, 1.82) is 0 Å². The van der Waals surface area contributed by atoms with Crippen LogP contribution in [0.5, 0.6) is 0 Å². The highest BCUT2D eigenvalue weighted by Gasteiger charge is 2.22. The Labute approximate surface area is 157 Å². The number of rotatable bonds is 10. The number of aliphatic imine (C=N–C) groups is 1. The summed E-state index contributed by atoms with van der Waals surface area (Å²) >= 11 is 0. The van der Waals surface area contributed by atoms with Crippen molar-refractivity contribution in [1.82, 2.24) is 15.4 Å². The molecule has 0 aromatic heterocycles. The van der Waals surface area contributed by atoms with E-state index in [0.29, 0.717) is 12.5 Å². The molecule has 0 atom stereocenters. The number of hydrogen-bond acceptors (Lipinski definition) is 4. The normalized spacial score (nSPS) is 15.9. The van der Waals surface area contributed by atoms with Gasteiger partial charge in [-0.3, -0.25) is 4.99 Å². The Bertz CT molecular complexity index is 465. The largest absolute Gasteiger partial charge is 0.381 e. The summed E-state index contributed by atoms with van der Waals surface area (Å²) in [5.41, 5.74) is -0.585. The Balaban J connectivity index is 0.00000484. The minimum Gasteiger partial charge on any atom is -0.381 e. The van der Waals surface area contributed by atoms with Gasteiger partial charge in [0.05, 0.1) is 6.26 Å². The van der Waals surface area contributed by atoms with Gasteiger partial charge >= 0.3 is 0 Å². The summed E-state index contributed by atoms with van der Waals surface area (Å²) in [5, 5.41) is 6.31. The minimum atomic E-state index is -3.23. The molecule has 1 rings (SSSR count). The summed E-state index contributed by atoms with van der Waals surface area (Å²) in [6, 6.07) is 0. The van der Waals surface area contributed by atoms with Crippen molar-refractivity contribution in [3.05, 3.63) is 0 Å². The topological polar surface area (TPSA) is 91.8 Å². The van der Waals surface area contributed by atoms with Crippen LogP contribution in [0, 0.1) is 5.92 Å². The summed E-state index contributed by atoms with van der Waals surface area (Å²) in [4.78, 5) is 4.12. The van der Waals surface area contributed by atoms with Crippen LogP contribution in [0.25, 0.3) is 0 Å². The maximum absolute atomic E-state index is 11.3. The lowest BCUT2D eigenvalue weighted by atomic mass is 10.1. The number of hydrogen-bond donors (Lipinski definition) is 3. The SMILES string of the molecule is CN=C(NCCCOCC1CC1)NCC(C)(C)NS(C)(=O)=O.I. The van der Waals surface area contributed by atoms with Gasteiger partial charge < -0.3 is 15.4 Å². The molecule has 1 aliphatic carbocycles. The van der Waals surface area contributed by atoms with E-state index < -0.39 is 15.6 Å². The van der Waals surface area contributed by atoms with Gasteiger partial charge in [0, 0.05) is 38.9 Å². The quantitative estimate of drug-likeness (QED) is 0.194. The van der Waals surface area contributed by atoms with E-state index in [2.05, 4.69) is 20.3 Å². The molecule has 7 nitrogen and oxygen atoms in total. The molecule has 0 aliphatic heterocycles. The Morgan fingerprint density at radius 3 is 2.48 bits per heavy atom. The van der Waals surface area contributed by atoms with Crippen LogP contribution >= 0.6 is 24.0 Å². The van der Waals surface area contributed by atoms with Crippen LogP contribution in [0.2, 0.25) is 0 Å². The van der Waals surface area contributed by atoms with E-state index in [1.807, 2.05) is 13.8 Å². The molecule has 1 fully saturated rings. The molecule has 0 aromatic rings. The molecular weight excluding hydrogens is 431 g/mol. The van der Waals surface area contributed by atoms with Crippen molar-refractivity contribution in [3.8, 4) is 0 Å². The Morgan fingerprint density at radius 2 is 1.96 bits per heavy atom. The summed E-state index contributed by atoms with van der Waals surface area (Å²) in [5.74, 6) is 1.46. The fraction of sp³-hybridized carbons (Fsp3) is 0.929. The lowest BCUT2D eigenvalue weighted by Gasteiger charge is -2.26. The molecule has 9 heteroatoms. The molecule has 0 unspecified atom stereocenters. The number of nitrogens with zero attached hydrogens (tertiary/aromatic N) is 1. The highest BCUT2D eigenvalue weighted by Crippen LogP contribution is 2.28. The van der Waals surface area contributed by atoms with Crippen molar-refractivity contribution in [2.75, 3.05) is 39.6 Å². The van der Waals surface area contributed by atoms with Gasteiger partial charge in [0.25, 0.3) is 0 Å². The molecule has 23 heavy (non-hydrogen) atoms. The van der Waals surface area contributed by atoms with Crippen LogP contribution in [-0.4, -0.2) is 59.5 Å². The first-order valence-electron chi connectivity index (χ1n) is 7.73. The first-order valence-corrected chi connectivity index (χ1v) is 9.62. The molecule has 0 radical (unpaired) electrons. The zero-order valence-corrected chi connectivity index (χ0v) is 17.7. The summed E-state index contributed by atoms with van der Waals surface area (Å²) in [6.07, 6.45) is 4.69. The van der Waals surface area contributed by atoms with E-state index in [1.165, 1.54) is 12.8 Å². The summed E-state index contributed by atoms with van der Waals surface area (Å²) < 4.78 is 30.7. The van der Waals surface area contributed by atoms with E-state index in [4.69, 9.17) is 4.74 Å². The van der Waals surface area contributed by atoms with Crippen LogP contribution in [0.15, 0.2) is 4.99 Å². The van der Waals surface area contributed by atoms with Gasteiger partial charge in [-0.05, 0) is 39.0 Å². The first-order chi connectivity index (χ1) is 10.2. The molecule has 0 amide bonds. The van der Waals surface area contributed by atoms with Crippen LogP contribution in [0.1, 0.15) is 33.1 Å². The van der Waals surface area contributed by atoms with Crippen LogP contribution < -0.4 is 15.4 Å². The third kappa shape index (κ3) is 12.9. The average Bonchev–Trinajstić information content (AvgIpc) is 3.18. The van der Waals surface area contributed by atoms with Crippen molar-refractivity contribution in [2.45, 2.75) is 38.6 Å². The predicted molar refractivity (Wildman–Crippen MR) is 105 cm³/mol. The summed E-state index contributed by atoms with van der Waals surface area (Å²) in [7, 11) is -1.54. The van der Waals surface area contributed by atoms with Gasteiger partial charge in [0.1, 0.15) is 0 Å². The lowest BCUT2D eigenvalue weighted by Crippen LogP contribution is -2.53. The molecule has 0 spiro atoms. The second kappa shape index (κ2) is 10.7. The van der Waals surface area contributed by atoms with Gasteiger partial charge in [-0.15, -0.1) is 24.0 Å². The van der Waals surface area contributed by atoms with E-state index in [1.54, 1.807) is 7.05 Å². The van der Waals surface area contributed by atoms with Crippen LogP contribution in [0.4, 0.5) is 0 Å². The lowest BCUT2D eigenvalue weighted by molar-refractivity contribution is 0.123. The Morgan fingerprint density at radius 1 is 1.30 bits per heavy atom. The monoisotopic (exact) mass is 462 g/mol. The van der Waals surface area contributed by atoms with E-state index in [9.17, 15) is 8.42 Å². The third-order valence-corrected chi connectivity index (χ3v) is 4.11. The minimum absolute atomic E-state index is 0. The number of sulfonamides is 1. The highest BCUT2D eigenvalue weighted by molar-refractivity contribution is 14.0. The second-order valence-electron chi connectivity index (χ2n) is 6.48. The van der Waals surface area contributed by atoms with E-state index in [-0.39, 0.29) is 24.0 Å². The molecule has 1 aliphatic rings. The highest BCUT2D eigenvalue weighted by atomic mass is 127. The van der Waals surface area contributed by atoms with Gasteiger partial charge in [-0.25, -0.2) is 13.1 Å². The molecule has 0 heterocycles. The second-order valence-corrected chi connectivity index (χ2v) is 8.23. The molecule has 3 N–H and O–H groups in total. The van der Waals surface area contributed by atoms with E-state index >= 15 is 0 Å². The summed E-state index contributed by atoms with van der Waals surface area (Å²) in [6.45, 7) is 6.49. The van der Waals surface area contributed by atoms with Crippen molar-refractivity contribution < 1.29 is 13.2 Å². The van der Waals surface area contributed by atoms with Crippen LogP contribution in [0.3, 0.4) is 0 Å². The number of ether oxygens (including phenoxy) is 1. The third-order valence-electron chi connectivity index (χ3n) is 3.19. The smallest absolute Gasteiger partial charge is 0.209 e. The molecule has 1 saturated carbocycles. The Hall–Kier alpha value is -0.130. The van der Waals surface area contributed by atoms with Crippen molar-refractivity contribution in [3.63, 3.8) is 0 Å². The van der Waals surface area contributed by atoms with Gasteiger partial charge in [-0.2, -0.15) is 0 Å². The zero-order valence-electron chi connectivity index (χ0n) is 14.5. The predicted octanol–water partition coefficient (Wildman–Crippen LogP) is 0.914. The molecule has 0 saturated heterocycles. The van der Waals surface area contributed by atoms with E-state index in [0.717, 1.165) is 38.4 Å². The molecule has 0 aromatic carbocycles. The number of nitrogens with one attached hydrogen (secondary N) is 3. The number of halogens is 1. The fourth-order valence-corrected chi connectivity index (χ4v) is 3.05. The molecule has 0 bridgehead atoms. The van der Waals surface area contributed by atoms with Crippen molar-refractivity contribution in [2.24, 2.45) is 10.9 Å². The standard InChI is InChI=1S/C14H30N4O3S.HI/c1-14(2,18-22(4,19)20)11-17-13(15-3)16-8-5-9-21-10-12-6-7-12;/h12,18H,5-11H2,1-4H3,(H2,15,16,17);1H. The van der Waals surface area contributed by atoms with Gasteiger partial charge in [0.2, 0.25) is 10.0 Å². The molecule has 138 valence electrons. The maximum atomic E-state index is 11.3. The number of guanidine groups is 1. The fourth-order valence-electron chi connectivity index (χ4n) is 1.98. The van der Waals surface area contributed by atoms with Crippen LogP contribution in [-0.2, 0) is 14.8 Å². The van der Waals surface area contributed by atoms with Gasteiger partial charge in [0.15, 0.2) is 5.96 Å². The average molecular weight is 462 g/mol. The Kier molecular flexibility index (Phi) is 10.6. The zero-order chi connectivity index (χ0) is 16.6. The van der Waals surface area contributed by atoms with Gasteiger partial charge in [-0.1, -0.05) is 0 Å².